The number of halogens is 1. The van der Waals surface area contributed by atoms with E-state index >= 15 is 0 Å². The van der Waals surface area contributed by atoms with Crippen LogP contribution >= 0.6 is 22.9 Å². The minimum absolute atomic E-state index is 0.643. The number of anilines is 2. The second-order valence-corrected chi connectivity index (χ2v) is 6.43. The Labute approximate surface area is 138 Å². The molecule has 3 rings (SSSR count). The van der Waals surface area contributed by atoms with Crippen molar-refractivity contribution in [2.45, 2.75) is 20.3 Å². The first-order valence-electron chi connectivity index (χ1n) is 6.98. The molecule has 0 atom stereocenters. The summed E-state index contributed by atoms with van der Waals surface area (Å²) < 4.78 is 5.38. The van der Waals surface area contributed by atoms with Crippen molar-refractivity contribution in [2.75, 3.05) is 12.4 Å². The number of methoxy groups -OCH3 is 1. The third-order valence-corrected chi connectivity index (χ3v) is 4.73. The lowest BCUT2D eigenvalue weighted by molar-refractivity contribution is 0.417. The zero-order chi connectivity index (χ0) is 15.7. The van der Waals surface area contributed by atoms with E-state index in [4.69, 9.17) is 16.3 Å². The minimum Gasteiger partial charge on any atom is -0.495 e. The number of nitrogens with one attached hydrogen (secondary N) is 1. The van der Waals surface area contributed by atoms with Gasteiger partial charge >= 0.3 is 0 Å². The number of nitrogens with zero attached hydrogens (tertiary/aromatic N) is 2. The van der Waals surface area contributed by atoms with E-state index in [0.29, 0.717) is 5.02 Å². The van der Waals surface area contributed by atoms with Gasteiger partial charge in [-0.3, -0.25) is 0 Å². The fourth-order valence-corrected chi connectivity index (χ4v) is 3.44. The van der Waals surface area contributed by atoms with Gasteiger partial charge in [-0.15, -0.1) is 11.3 Å². The summed E-state index contributed by atoms with van der Waals surface area (Å²) in [5, 5.41) is 5.00. The summed E-state index contributed by atoms with van der Waals surface area (Å²) in [6.45, 7) is 4.03. The van der Waals surface area contributed by atoms with Crippen molar-refractivity contribution in [3.63, 3.8) is 0 Å². The van der Waals surface area contributed by atoms with Crippen LogP contribution in [0, 0.1) is 6.92 Å². The molecule has 22 heavy (non-hydrogen) atoms. The van der Waals surface area contributed by atoms with Gasteiger partial charge in [0.2, 0.25) is 0 Å². The molecule has 0 amide bonds. The van der Waals surface area contributed by atoms with Crippen LogP contribution in [0.3, 0.4) is 0 Å². The first-order chi connectivity index (χ1) is 10.6. The normalized spacial score (nSPS) is 10.9. The molecule has 0 unspecified atom stereocenters. The van der Waals surface area contributed by atoms with Gasteiger partial charge in [0, 0.05) is 9.90 Å². The molecule has 0 bridgehead atoms. The molecule has 2 aromatic heterocycles. The third kappa shape index (κ3) is 2.87. The fourth-order valence-electron chi connectivity index (χ4n) is 2.25. The topological polar surface area (TPSA) is 47.0 Å². The van der Waals surface area contributed by atoms with E-state index in [9.17, 15) is 0 Å². The highest BCUT2D eigenvalue weighted by molar-refractivity contribution is 7.18. The maximum atomic E-state index is 6.09. The quantitative estimate of drug-likeness (QED) is 0.732. The van der Waals surface area contributed by atoms with Crippen LogP contribution in [-0.4, -0.2) is 17.1 Å². The predicted octanol–water partition coefficient (Wildman–Crippen LogP) is 4.97. The zero-order valence-corrected chi connectivity index (χ0v) is 14.2. The van der Waals surface area contributed by atoms with Gasteiger partial charge in [-0.2, -0.15) is 0 Å². The second kappa shape index (κ2) is 6.10. The molecule has 0 saturated carbocycles. The van der Waals surface area contributed by atoms with Crippen molar-refractivity contribution in [3.05, 3.63) is 40.0 Å². The maximum Gasteiger partial charge on any atom is 0.143 e. The molecule has 4 nitrogen and oxygen atoms in total. The van der Waals surface area contributed by atoms with E-state index in [-0.39, 0.29) is 0 Å². The second-order valence-electron chi connectivity index (χ2n) is 4.87. The van der Waals surface area contributed by atoms with Crippen molar-refractivity contribution in [1.82, 2.24) is 9.97 Å². The zero-order valence-electron chi connectivity index (χ0n) is 12.6. The Hall–Kier alpha value is -1.85. The molecule has 2 heterocycles. The van der Waals surface area contributed by atoms with Crippen LogP contribution in [0.2, 0.25) is 5.02 Å². The number of aromatic nitrogens is 2. The van der Waals surface area contributed by atoms with E-state index in [2.05, 4.69) is 28.3 Å². The van der Waals surface area contributed by atoms with Gasteiger partial charge in [0.15, 0.2) is 0 Å². The van der Waals surface area contributed by atoms with Crippen molar-refractivity contribution < 1.29 is 4.74 Å². The number of ether oxygens (including phenoxy) is 1. The largest absolute Gasteiger partial charge is 0.495 e. The molecule has 0 fully saturated rings. The van der Waals surface area contributed by atoms with Gasteiger partial charge in [0.05, 0.1) is 18.2 Å². The summed E-state index contributed by atoms with van der Waals surface area (Å²) in [5.74, 6) is 2.24. The van der Waals surface area contributed by atoms with Gasteiger partial charge in [0.1, 0.15) is 22.2 Å². The van der Waals surface area contributed by atoms with Gasteiger partial charge in [0.25, 0.3) is 0 Å². The molecule has 6 heteroatoms. The number of benzene rings is 1. The Morgan fingerprint density at radius 3 is 2.82 bits per heavy atom. The van der Waals surface area contributed by atoms with E-state index in [1.54, 1.807) is 24.5 Å². The van der Waals surface area contributed by atoms with Crippen LogP contribution in [0.5, 0.6) is 5.75 Å². The summed E-state index contributed by atoms with van der Waals surface area (Å²) in [6.07, 6.45) is 0.986. The van der Waals surface area contributed by atoms with Crippen LogP contribution in [0.25, 0.3) is 10.2 Å². The number of fused-ring (bicyclic) bond motifs is 1. The summed E-state index contributed by atoms with van der Waals surface area (Å²) in [4.78, 5) is 11.3. The number of aryl methyl sites for hydroxylation is 2. The average molecular weight is 334 g/mol. The first kappa shape index (κ1) is 15.1. The Kier molecular flexibility index (Phi) is 4.18. The van der Waals surface area contributed by atoms with E-state index in [0.717, 1.165) is 39.7 Å². The van der Waals surface area contributed by atoms with Crippen molar-refractivity contribution >= 4 is 44.7 Å². The summed E-state index contributed by atoms with van der Waals surface area (Å²) >= 11 is 7.79. The van der Waals surface area contributed by atoms with Crippen LogP contribution in [0.1, 0.15) is 17.6 Å². The van der Waals surface area contributed by atoms with E-state index in [1.165, 1.54) is 4.88 Å². The molecule has 0 aliphatic carbocycles. The Balaban J connectivity index is 2.10. The molecule has 0 aliphatic heterocycles. The Morgan fingerprint density at radius 2 is 2.09 bits per heavy atom. The molecule has 114 valence electrons. The molecule has 1 N–H and O–H groups in total. The lowest BCUT2D eigenvalue weighted by Crippen LogP contribution is -1.99. The molecule has 0 aliphatic rings. The highest BCUT2D eigenvalue weighted by Crippen LogP contribution is 2.34. The maximum absolute atomic E-state index is 6.09. The SMILES string of the molecule is CCc1cc2c(Nc3cc(Cl)ccc3OC)nc(C)nc2s1. The van der Waals surface area contributed by atoms with Crippen LogP contribution in [0.15, 0.2) is 24.3 Å². The van der Waals surface area contributed by atoms with Crippen molar-refractivity contribution in [2.24, 2.45) is 0 Å². The van der Waals surface area contributed by atoms with E-state index < -0.39 is 0 Å². The monoisotopic (exact) mass is 333 g/mol. The number of thiophene rings is 1. The lowest BCUT2D eigenvalue weighted by atomic mass is 10.2. The van der Waals surface area contributed by atoms with Gasteiger partial charge in [-0.1, -0.05) is 18.5 Å². The predicted molar refractivity (Wildman–Crippen MR) is 92.8 cm³/mol. The van der Waals surface area contributed by atoms with Crippen LogP contribution in [-0.2, 0) is 6.42 Å². The smallest absolute Gasteiger partial charge is 0.143 e. The van der Waals surface area contributed by atoms with Crippen molar-refractivity contribution in [1.29, 1.82) is 0 Å². The summed E-state index contributed by atoms with van der Waals surface area (Å²) in [5.41, 5.74) is 0.790. The standard InChI is InChI=1S/C16H16ClN3OS/c1-4-11-8-12-15(18-9(2)19-16(12)22-11)20-13-7-10(17)5-6-14(13)21-3/h5-8H,4H2,1-3H3,(H,18,19,20). The van der Waals surface area contributed by atoms with Gasteiger partial charge < -0.3 is 10.1 Å². The number of hydrogen-bond donors (Lipinski definition) is 1. The highest BCUT2D eigenvalue weighted by Gasteiger charge is 2.12. The molecule has 3 aromatic rings. The van der Waals surface area contributed by atoms with Crippen molar-refractivity contribution in [3.8, 4) is 5.75 Å². The van der Waals surface area contributed by atoms with Gasteiger partial charge in [-0.25, -0.2) is 9.97 Å². The number of hydrogen-bond acceptors (Lipinski definition) is 5. The molecule has 1 aromatic carbocycles. The molecule has 0 spiro atoms. The average Bonchev–Trinajstić information content (AvgIpc) is 2.90. The number of rotatable bonds is 4. The fraction of sp³-hybridized carbons (Fsp3) is 0.250. The summed E-state index contributed by atoms with van der Waals surface area (Å²) in [6, 6.07) is 7.60. The minimum atomic E-state index is 0.643. The van der Waals surface area contributed by atoms with Crippen LogP contribution < -0.4 is 10.1 Å². The molecular formula is C16H16ClN3OS. The molecular weight excluding hydrogens is 318 g/mol. The highest BCUT2D eigenvalue weighted by atomic mass is 35.5. The molecule has 0 radical (unpaired) electrons. The lowest BCUT2D eigenvalue weighted by Gasteiger charge is -2.12. The van der Waals surface area contributed by atoms with Crippen LogP contribution in [0.4, 0.5) is 11.5 Å². The summed E-state index contributed by atoms with van der Waals surface area (Å²) in [7, 11) is 1.63. The molecule has 0 saturated heterocycles. The first-order valence-corrected chi connectivity index (χ1v) is 8.17. The Morgan fingerprint density at radius 1 is 1.27 bits per heavy atom. The third-order valence-electron chi connectivity index (χ3n) is 3.32. The van der Waals surface area contributed by atoms with Gasteiger partial charge in [-0.05, 0) is 37.6 Å². The van der Waals surface area contributed by atoms with E-state index in [1.807, 2.05) is 19.1 Å². The Bertz CT molecular complexity index is 832.